The number of benzene rings is 1. The summed E-state index contributed by atoms with van der Waals surface area (Å²) in [5.74, 6) is 1.36. The molecule has 3 heterocycles. The fourth-order valence-corrected chi connectivity index (χ4v) is 5.88. The van der Waals surface area contributed by atoms with Crippen molar-refractivity contribution in [1.29, 1.82) is 0 Å². The quantitative estimate of drug-likeness (QED) is 0.299. The number of pyridine rings is 1. The van der Waals surface area contributed by atoms with Crippen LogP contribution in [0, 0.1) is 0 Å². The van der Waals surface area contributed by atoms with E-state index in [1.165, 1.54) is 28.7 Å². The molecule has 0 aliphatic heterocycles. The number of rotatable bonds is 7. The lowest BCUT2D eigenvalue weighted by molar-refractivity contribution is 0.0997. The molecule has 3 aromatic heterocycles. The molecule has 0 saturated heterocycles. The van der Waals surface area contributed by atoms with E-state index in [2.05, 4.69) is 53.7 Å². The number of furan rings is 1. The first-order chi connectivity index (χ1) is 16.6. The first-order valence-corrected chi connectivity index (χ1v) is 12.7. The van der Waals surface area contributed by atoms with Gasteiger partial charge in [-0.25, -0.2) is 4.98 Å². The van der Waals surface area contributed by atoms with Gasteiger partial charge in [-0.15, -0.1) is 11.3 Å². The number of aromatic nitrogens is 1. The van der Waals surface area contributed by atoms with E-state index < -0.39 is 0 Å². The Balaban J connectivity index is 1.60. The molecular formula is C28H29N3O2S. The topological polar surface area (TPSA) is 67.2 Å². The van der Waals surface area contributed by atoms with Crippen molar-refractivity contribution in [2.75, 3.05) is 10.6 Å². The summed E-state index contributed by atoms with van der Waals surface area (Å²) < 4.78 is 5.35. The normalized spacial score (nSPS) is 14.0. The highest BCUT2D eigenvalue weighted by atomic mass is 32.1. The number of aryl methyl sites for hydroxylation is 1. The molecule has 5 rings (SSSR count). The largest absolute Gasteiger partial charge is 0.459 e. The molecule has 6 heteroatoms. The average molecular weight is 472 g/mol. The Morgan fingerprint density at radius 2 is 1.79 bits per heavy atom. The average Bonchev–Trinajstić information content (AvgIpc) is 3.52. The molecule has 0 spiro atoms. The number of amides is 1. The highest BCUT2D eigenvalue weighted by molar-refractivity contribution is 7.16. The summed E-state index contributed by atoms with van der Waals surface area (Å²) in [6.45, 7) is 4.41. The molecule has 4 aromatic rings. The zero-order valence-corrected chi connectivity index (χ0v) is 20.3. The minimum Gasteiger partial charge on any atom is -0.459 e. The van der Waals surface area contributed by atoms with E-state index >= 15 is 0 Å². The first-order valence-electron chi connectivity index (χ1n) is 11.9. The zero-order valence-electron chi connectivity index (χ0n) is 19.5. The standard InChI is InChI=1S/C28H29N3O2S/c1-18(2)19-12-14-20(15-13-19)26(30-24-11-5-6-16-29-24)25-21-8-3-4-10-23(21)34-28(25)31-27(32)22-9-7-17-33-22/h5-7,9,11-18,26H,3-4,8,10H2,1-2H3,(H,29,30)(H,31,32)/t26-/m0/s1. The number of nitrogens with one attached hydrogen (secondary N) is 2. The number of carbonyl (C=O) groups is 1. The fourth-order valence-electron chi connectivity index (χ4n) is 4.55. The summed E-state index contributed by atoms with van der Waals surface area (Å²) in [4.78, 5) is 18.8. The van der Waals surface area contributed by atoms with E-state index in [-0.39, 0.29) is 11.9 Å². The molecule has 2 N–H and O–H groups in total. The van der Waals surface area contributed by atoms with Crippen molar-refractivity contribution in [2.45, 2.75) is 51.5 Å². The second-order valence-corrected chi connectivity index (χ2v) is 10.1. The van der Waals surface area contributed by atoms with Crippen LogP contribution in [0.25, 0.3) is 0 Å². The van der Waals surface area contributed by atoms with E-state index in [1.54, 1.807) is 29.7 Å². The molecule has 1 aliphatic rings. The van der Waals surface area contributed by atoms with Crippen molar-refractivity contribution in [2.24, 2.45) is 0 Å². The number of hydrogen-bond acceptors (Lipinski definition) is 5. The molecule has 0 fully saturated rings. The summed E-state index contributed by atoms with van der Waals surface area (Å²) in [6.07, 6.45) is 7.72. The molecule has 34 heavy (non-hydrogen) atoms. The van der Waals surface area contributed by atoms with E-state index in [0.29, 0.717) is 11.7 Å². The molecule has 5 nitrogen and oxygen atoms in total. The Labute approximate surface area is 204 Å². The SMILES string of the molecule is CC(C)c1ccc([C@H](Nc2ccccn2)c2c(NC(=O)c3ccco3)sc3c2CCCC3)cc1. The summed E-state index contributed by atoms with van der Waals surface area (Å²) in [7, 11) is 0. The van der Waals surface area contributed by atoms with E-state index in [4.69, 9.17) is 4.42 Å². The minimum atomic E-state index is -0.225. The van der Waals surface area contributed by atoms with E-state index in [9.17, 15) is 4.79 Å². The molecule has 0 bridgehead atoms. The van der Waals surface area contributed by atoms with Crippen molar-refractivity contribution >= 4 is 28.1 Å². The monoisotopic (exact) mass is 471 g/mol. The molecule has 0 unspecified atom stereocenters. The predicted molar refractivity (Wildman–Crippen MR) is 138 cm³/mol. The Morgan fingerprint density at radius 3 is 2.50 bits per heavy atom. The molecule has 1 amide bonds. The summed E-state index contributed by atoms with van der Waals surface area (Å²) >= 11 is 1.70. The van der Waals surface area contributed by atoms with Gasteiger partial charge in [0.05, 0.1) is 12.3 Å². The van der Waals surface area contributed by atoms with Crippen LogP contribution in [0.4, 0.5) is 10.8 Å². The number of anilines is 2. The second kappa shape index (κ2) is 9.85. The summed E-state index contributed by atoms with van der Waals surface area (Å²) in [5, 5.41) is 7.71. The van der Waals surface area contributed by atoms with Gasteiger partial charge < -0.3 is 15.1 Å². The number of carbonyl (C=O) groups excluding carboxylic acids is 1. The van der Waals surface area contributed by atoms with Gasteiger partial charge in [-0.1, -0.05) is 44.2 Å². The fraction of sp³-hybridized carbons (Fsp3) is 0.286. The highest BCUT2D eigenvalue weighted by Crippen LogP contribution is 2.44. The van der Waals surface area contributed by atoms with Gasteiger partial charge in [0.2, 0.25) is 0 Å². The van der Waals surface area contributed by atoms with Gasteiger partial charge in [0, 0.05) is 16.6 Å². The first kappa shape index (κ1) is 22.4. The van der Waals surface area contributed by atoms with E-state index in [1.807, 2.05) is 18.2 Å². The Bertz CT molecular complexity index is 1250. The smallest absolute Gasteiger partial charge is 0.291 e. The number of fused-ring (bicyclic) bond motifs is 1. The number of hydrogen-bond donors (Lipinski definition) is 2. The van der Waals surface area contributed by atoms with Crippen LogP contribution >= 0.6 is 11.3 Å². The molecule has 0 radical (unpaired) electrons. The third kappa shape index (κ3) is 4.64. The number of nitrogens with zero attached hydrogens (tertiary/aromatic N) is 1. The van der Waals surface area contributed by atoms with Crippen molar-refractivity contribution in [3.05, 3.63) is 99.9 Å². The van der Waals surface area contributed by atoms with Crippen molar-refractivity contribution in [3.63, 3.8) is 0 Å². The van der Waals surface area contributed by atoms with Gasteiger partial charge in [0.1, 0.15) is 10.8 Å². The van der Waals surface area contributed by atoms with Crippen molar-refractivity contribution in [3.8, 4) is 0 Å². The molecular weight excluding hydrogens is 442 g/mol. The maximum absolute atomic E-state index is 12.9. The Morgan fingerprint density at radius 1 is 1.00 bits per heavy atom. The van der Waals surface area contributed by atoms with Crippen LogP contribution in [0.1, 0.15) is 76.3 Å². The maximum Gasteiger partial charge on any atom is 0.291 e. The molecule has 1 aromatic carbocycles. The predicted octanol–water partition coefficient (Wildman–Crippen LogP) is 7.19. The van der Waals surface area contributed by atoms with Gasteiger partial charge in [-0.2, -0.15) is 0 Å². The summed E-state index contributed by atoms with van der Waals surface area (Å²) in [5.41, 5.74) is 4.95. The van der Waals surface area contributed by atoms with Crippen LogP contribution in [0.3, 0.4) is 0 Å². The molecule has 174 valence electrons. The van der Waals surface area contributed by atoms with Crippen LogP contribution in [0.2, 0.25) is 0 Å². The van der Waals surface area contributed by atoms with Crippen LogP contribution in [-0.4, -0.2) is 10.9 Å². The van der Waals surface area contributed by atoms with E-state index in [0.717, 1.165) is 41.2 Å². The lowest BCUT2D eigenvalue weighted by Gasteiger charge is -2.24. The van der Waals surface area contributed by atoms with Gasteiger partial charge >= 0.3 is 0 Å². The van der Waals surface area contributed by atoms with Gasteiger partial charge in [-0.3, -0.25) is 4.79 Å². The second-order valence-electron chi connectivity index (χ2n) is 9.00. The lowest BCUT2D eigenvalue weighted by atomic mass is 9.88. The van der Waals surface area contributed by atoms with Crippen LogP contribution in [0.15, 0.2) is 71.5 Å². The van der Waals surface area contributed by atoms with Gasteiger partial charge in [0.25, 0.3) is 5.91 Å². The minimum absolute atomic E-state index is 0.138. The maximum atomic E-state index is 12.9. The van der Waals surface area contributed by atoms with Crippen molar-refractivity contribution < 1.29 is 9.21 Å². The Kier molecular flexibility index (Phi) is 6.50. The number of thiophene rings is 1. The molecule has 1 aliphatic carbocycles. The lowest BCUT2D eigenvalue weighted by Crippen LogP contribution is -2.18. The van der Waals surface area contributed by atoms with Gasteiger partial charge in [0.15, 0.2) is 5.76 Å². The van der Waals surface area contributed by atoms with Crippen LogP contribution < -0.4 is 10.6 Å². The third-order valence-electron chi connectivity index (χ3n) is 6.37. The summed E-state index contributed by atoms with van der Waals surface area (Å²) in [6, 6.07) is 18.0. The zero-order chi connectivity index (χ0) is 23.5. The molecule has 0 saturated carbocycles. The third-order valence-corrected chi connectivity index (χ3v) is 7.59. The Hall–Kier alpha value is -3.38. The molecule has 1 atom stereocenters. The van der Waals surface area contributed by atoms with Gasteiger partial charge in [-0.05, 0) is 72.6 Å². The van der Waals surface area contributed by atoms with Crippen molar-refractivity contribution in [1.82, 2.24) is 4.98 Å². The highest BCUT2D eigenvalue weighted by Gasteiger charge is 2.29. The van der Waals surface area contributed by atoms with Crippen LogP contribution in [-0.2, 0) is 12.8 Å². The van der Waals surface area contributed by atoms with Crippen LogP contribution in [0.5, 0.6) is 0 Å².